The first kappa shape index (κ1) is 32.9. The summed E-state index contributed by atoms with van der Waals surface area (Å²) in [6.45, 7) is 0.278. The van der Waals surface area contributed by atoms with E-state index in [4.69, 9.17) is 19.2 Å². The molecule has 13 heteroatoms. The van der Waals surface area contributed by atoms with Gasteiger partial charge >= 0.3 is 6.09 Å². The molecule has 2 N–H and O–H groups in total. The standard InChI is InChI=1S/C36H40N4O8S/c1-46-25-13-16-28-30(18-25)37-29(23-10-6-5-7-11-23)20-32(28)48-26-19-31-33(41)38-36(34(42)39-49(44,45)27-14-15-27)21-24(36)12-8-3-2-4-9-17-47-35(43)40(31)22-26/h5-8,10-13,16,18,20,24,26-27,31H,2-4,9,14-15,17,19,21-22H2,1H3,(H,38,41)(H,39,42)/b12-8-/t24-,26+,31-,36-/m0/s1. The summed E-state index contributed by atoms with van der Waals surface area (Å²) in [5, 5.41) is 3.01. The Bertz CT molecular complexity index is 1900. The van der Waals surface area contributed by atoms with Crippen molar-refractivity contribution in [1.82, 2.24) is 19.9 Å². The first-order valence-corrected chi connectivity index (χ1v) is 18.4. The number of nitrogens with one attached hydrogen (secondary N) is 2. The van der Waals surface area contributed by atoms with Crippen molar-refractivity contribution in [3.05, 3.63) is 66.7 Å². The van der Waals surface area contributed by atoms with Crippen molar-refractivity contribution < 1.29 is 37.0 Å². The number of pyridine rings is 1. The van der Waals surface area contributed by atoms with Gasteiger partial charge in [-0.05, 0) is 57.1 Å². The molecule has 3 heterocycles. The van der Waals surface area contributed by atoms with Gasteiger partial charge in [0.1, 0.15) is 29.2 Å². The van der Waals surface area contributed by atoms with E-state index >= 15 is 0 Å². The number of hydrogen-bond donors (Lipinski definition) is 2. The molecule has 0 bridgehead atoms. The predicted molar refractivity (Wildman–Crippen MR) is 181 cm³/mol. The van der Waals surface area contributed by atoms with Crippen molar-refractivity contribution in [3.63, 3.8) is 0 Å². The topological polar surface area (TPSA) is 153 Å². The number of benzene rings is 2. The van der Waals surface area contributed by atoms with Crippen LogP contribution in [0.25, 0.3) is 22.2 Å². The Balaban J connectivity index is 1.18. The van der Waals surface area contributed by atoms with Gasteiger partial charge in [-0.2, -0.15) is 0 Å². The highest BCUT2D eigenvalue weighted by Crippen LogP contribution is 2.46. The van der Waals surface area contributed by atoms with E-state index in [-0.39, 0.29) is 31.9 Å². The molecule has 0 unspecified atom stereocenters. The van der Waals surface area contributed by atoms with Gasteiger partial charge in [0.25, 0.3) is 5.91 Å². The van der Waals surface area contributed by atoms with E-state index in [2.05, 4.69) is 10.0 Å². The smallest absolute Gasteiger partial charge is 0.410 e. The van der Waals surface area contributed by atoms with Crippen molar-refractivity contribution in [1.29, 1.82) is 0 Å². The molecule has 2 aliphatic heterocycles. The van der Waals surface area contributed by atoms with E-state index in [0.29, 0.717) is 42.0 Å². The maximum absolute atomic E-state index is 14.1. The zero-order valence-corrected chi connectivity index (χ0v) is 28.1. The molecule has 4 aliphatic rings. The van der Waals surface area contributed by atoms with Crippen LogP contribution in [0.2, 0.25) is 0 Å². The van der Waals surface area contributed by atoms with Crippen LogP contribution in [0.5, 0.6) is 11.5 Å². The fourth-order valence-corrected chi connectivity index (χ4v) is 8.04. The van der Waals surface area contributed by atoms with Crippen LogP contribution < -0.4 is 19.5 Å². The number of ether oxygens (including phenoxy) is 3. The van der Waals surface area contributed by atoms with Crippen LogP contribution in [0.3, 0.4) is 0 Å². The van der Waals surface area contributed by atoms with Gasteiger partial charge in [-0.15, -0.1) is 0 Å². The van der Waals surface area contributed by atoms with Gasteiger partial charge in [0.2, 0.25) is 15.9 Å². The monoisotopic (exact) mass is 688 g/mol. The van der Waals surface area contributed by atoms with Gasteiger partial charge in [-0.1, -0.05) is 42.5 Å². The molecule has 258 valence electrons. The fourth-order valence-electron chi connectivity index (χ4n) is 6.68. The minimum absolute atomic E-state index is 0.0656. The normalized spacial score (nSPS) is 26.6. The minimum Gasteiger partial charge on any atom is -0.497 e. The van der Waals surface area contributed by atoms with Crippen molar-refractivity contribution in [2.45, 2.75) is 74.3 Å². The number of fused-ring (bicyclic) bond motifs is 3. The summed E-state index contributed by atoms with van der Waals surface area (Å²) in [7, 11) is -2.25. The number of hydrogen-bond acceptors (Lipinski definition) is 9. The third-order valence-electron chi connectivity index (χ3n) is 9.72. The molecule has 2 saturated carbocycles. The average molecular weight is 689 g/mol. The molecule has 7 rings (SSSR count). The molecule has 49 heavy (non-hydrogen) atoms. The second-order valence-electron chi connectivity index (χ2n) is 13.2. The molecule has 3 aromatic rings. The summed E-state index contributed by atoms with van der Waals surface area (Å²) in [4.78, 5) is 47.3. The molecule has 3 fully saturated rings. The molecule has 1 aromatic heterocycles. The van der Waals surface area contributed by atoms with E-state index in [1.165, 1.54) is 4.90 Å². The summed E-state index contributed by atoms with van der Waals surface area (Å²) in [5.74, 6) is -0.526. The van der Waals surface area contributed by atoms with Gasteiger partial charge in [-0.25, -0.2) is 18.2 Å². The predicted octanol–water partition coefficient (Wildman–Crippen LogP) is 4.48. The number of nitrogens with zero attached hydrogens (tertiary/aromatic N) is 2. The molecule has 3 amide bonds. The van der Waals surface area contributed by atoms with Crippen molar-refractivity contribution in [2.75, 3.05) is 20.3 Å². The van der Waals surface area contributed by atoms with Crippen molar-refractivity contribution >= 4 is 38.8 Å². The molecule has 0 radical (unpaired) electrons. The summed E-state index contributed by atoms with van der Waals surface area (Å²) in [6, 6.07) is 16.0. The largest absolute Gasteiger partial charge is 0.497 e. The number of sulfonamides is 1. The number of carbonyl (C=O) groups is 3. The average Bonchev–Trinajstić information content (AvgIpc) is 4.02. The van der Waals surface area contributed by atoms with Gasteiger partial charge < -0.3 is 19.5 Å². The fraction of sp³-hybridized carbons (Fsp3) is 0.444. The number of methoxy groups -OCH3 is 1. The molecule has 1 saturated heterocycles. The first-order chi connectivity index (χ1) is 23.7. The quantitative estimate of drug-likeness (QED) is 0.342. The number of rotatable bonds is 7. The van der Waals surface area contributed by atoms with E-state index in [1.807, 2.05) is 66.7 Å². The maximum atomic E-state index is 14.1. The summed E-state index contributed by atoms with van der Waals surface area (Å²) >= 11 is 0. The SMILES string of the molecule is COc1ccc2c(O[C@@H]3C[C@H]4C(=O)N[C@@]5(C(=O)NS(=O)(=O)C6CC6)C[C@@H]5/C=C\CCCCCOC(=O)N4C3)cc(-c3ccccc3)nc2c1. The van der Waals surface area contributed by atoms with Crippen LogP contribution in [0.4, 0.5) is 4.79 Å². The van der Waals surface area contributed by atoms with Crippen LogP contribution in [0.1, 0.15) is 51.4 Å². The molecular weight excluding hydrogens is 648 g/mol. The number of amides is 3. The Morgan fingerprint density at radius 2 is 1.90 bits per heavy atom. The zero-order chi connectivity index (χ0) is 34.2. The van der Waals surface area contributed by atoms with Crippen molar-refractivity contribution in [3.8, 4) is 22.8 Å². The minimum atomic E-state index is -3.84. The van der Waals surface area contributed by atoms with E-state index in [9.17, 15) is 22.8 Å². The Labute approximate surface area is 285 Å². The second-order valence-corrected chi connectivity index (χ2v) is 15.2. The van der Waals surface area contributed by atoms with Crippen LogP contribution in [-0.2, 0) is 24.3 Å². The molecular formula is C36H40N4O8S. The molecule has 2 aliphatic carbocycles. The number of allylic oxidation sites excluding steroid dienone is 1. The van der Waals surface area contributed by atoms with Crippen LogP contribution in [0.15, 0.2) is 66.7 Å². The maximum Gasteiger partial charge on any atom is 0.410 e. The molecule has 0 spiro atoms. The Kier molecular flexibility index (Phi) is 8.95. The second kappa shape index (κ2) is 13.3. The van der Waals surface area contributed by atoms with Gasteiger partial charge in [0.15, 0.2) is 0 Å². The van der Waals surface area contributed by atoms with Gasteiger partial charge in [0, 0.05) is 35.4 Å². The summed E-state index contributed by atoms with van der Waals surface area (Å²) < 4.78 is 45.3. The van der Waals surface area contributed by atoms with Crippen LogP contribution >= 0.6 is 0 Å². The Morgan fingerprint density at radius 1 is 1.08 bits per heavy atom. The lowest BCUT2D eigenvalue weighted by atomic mass is 10.1. The lowest BCUT2D eigenvalue weighted by Crippen LogP contribution is -2.56. The molecule has 4 atom stereocenters. The lowest BCUT2D eigenvalue weighted by Gasteiger charge is -2.26. The molecule has 2 aromatic carbocycles. The number of carbonyl (C=O) groups excluding carboxylic acids is 3. The third-order valence-corrected chi connectivity index (χ3v) is 11.5. The zero-order valence-electron chi connectivity index (χ0n) is 27.3. The first-order valence-electron chi connectivity index (χ1n) is 16.9. The summed E-state index contributed by atoms with van der Waals surface area (Å²) in [5.41, 5.74) is 0.792. The lowest BCUT2D eigenvalue weighted by molar-refractivity contribution is -0.131. The van der Waals surface area contributed by atoms with E-state index in [1.54, 1.807) is 7.11 Å². The highest BCUT2D eigenvalue weighted by Gasteiger charge is 2.62. The Morgan fingerprint density at radius 3 is 2.67 bits per heavy atom. The van der Waals surface area contributed by atoms with E-state index < -0.39 is 50.9 Å². The van der Waals surface area contributed by atoms with Gasteiger partial charge in [0.05, 0.1) is 36.7 Å². The van der Waals surface area contributed by atoms with Crippen LogP contribution in [-0.4, -0.2) is 79.4 Å². The molecule has 12 nitrogen and oxygen atoms in total. The van der Waals surface area contributed by atoms with Gasteiger partial charge in [-0.3, -0.25) is 19.2 Å². The van der Waals surface area contributed by atoms with Crippen molar-refractivity contribution in [2.24, 2.45) is 5.92 Å². The number of cyclic esters (lactones) is 1. The summed E-state index contributed by atoms with van der Waals surface area (Å²) in [6.07, 6.45) is 7.12. The highest BCUT2D eigenvalue weighted by molar-refractivity contribution is 7.91. The highest BCUT2D eigenvalue weighted by atomic mass is 32.2. The number of aromatic nitrogens is 1. The van der Waals surface area contributed by atoms with E-state index in [0.717, 1.165) is 30.2 Å². The third kappa shape index (κ3) is 6.94. The van der Waals surface area contributed by atoms with Crippen LogP contribution in [0, 0.1) is 5.92 Å². The Hall–Kier alpha value is -4.65.